The van der Waals surface area contributed by atoms with Crippen LogP contribution in [0.1, 0.15) is 32.6 Å². The van der Waals surface area contributed by atoms with Crippen molar-refractivity contribution < 1.29 is 8.78 Å². The third-order valence-corrected chi connectivity index (χ3v) is 8.45. The van der Waals surface area contributed by atoms with E-state index in [1.54, 1.807) is 6.20 Å². The highest BCUT2D eigenvalue weighted by molar-refractivity contribution is 6.03. The first-order valence-corrected chi connectivity index (χ1v) is 12.5. The molecule has 3 fully saturated rings. The molecule has 3 saturated carbocycles. The van der Waals surface area contributed by atoms with Crippen molar-refractivity contribution in [2.45, 2.75) is 38.6 Å². The number of rotatable bonds is 3. The van der Waals surface area contributed by atoms with Gasteiger partial charge in [-0.1, -0.05) is 31.2 Å². The minimum absolute atomic E-state index is 0.260. The molecule has 4 nitrogen and oxygen atoms in total. The number of benzene rings is 3. The summed E-state index contributed by atoms with van der Waals surface area (Å²) in [5.74, 6) is 1.99. The maximum Gasteiger partial charge on any atom is 0.164 e. The van der Waals surface area contributed by atoms with Crippen molar-refractivity contribution in [3.63, 3.8) is 0 Å². The van der Waals surface area contributed by atoms with Crippen molar-refractivity contribution >= 4 is 38.4 Å². The van der Waals surface area contributed by atoms with Gasteiger partial charge in [0, 0.05) is 34.6 Å². The average Bonchev–Trinajstić information content (AvgIpc) is 3.29. The van der Waals surface area contributed by atoms with Crippen LogP contribution in [0.25, 0.3) is 44.0 Å². The average molecular weight is 469 g/mol. The lowest BCUT2D eigenvalue weighted by Gasteiger charge is -2.47. The molecule has 6 heteroatoms. The fourth-order valence-corrected chi connectivity index (χ4v) is 6.55. The first kappa shape index (κ1) is 20.8. The smallest absolute Gasteiger partial charge is 0.164 e. The molecule has 8 rings (SSSR count). The van der Waals surface area contributed by atoms with E-state index < -0.39 is 11.6 Å². The lowest BCUT2D eigenvalue weighted by molar-refractivity contribution is 0.0929. The van der Waals surface area contributed by atoms with Crippen LogP contribution in [0.3, 0.4) is 0 Å². The summed E-state index contributed by atoms with van der Waals surface area (Å²) in [6.07, 6.45) is 6.82. The van der Waals surface area contributed by atoms with Gasteiger partial charge in [-0.15, -0.1) is 0 Å². The highest BCUT2D eigenvalue weighted by Gasteiger charge is 2.41. The van der Waals surface area contributed by atoms with E-state index >= 15 is 0 Å². The molecule has 35 heavy (non-hydrogen) atoms. The van der Waals surface area contributed by atoms with Crippen molar-refractivity contribution in [3.8, 4) is 11.4 Å². The number of H-pyrrole nitrogens is 1. The fourth-order valence-electron chi connectivity index (χ4n) is 6.55. The number of hydrogen-bond donors (Lipinski definition) is 2. The van der Waals surface area contributed by atoms with Gasteiger partial charge >= 0.3 is 0 Å². The molecular weight excluding hydrogens is 442 g/mol. The summed E-state index contributed by atoms with van der Waals surface area (Å²) in [7, 11) is 0. The van der Waals surface area contributed by atoms with E-state index in [0.29, 0.717) is 34.7 Å². The zero-order valence-corrected chi connectivity index (χ0v) is 19.5. The van der Waals surface area contributed by atoms with Crippen molar-refractivity contribution in [2.24, 2.45) is 17.8 Å². The minimum Gasteiger partial charge on any atom is -0.366 e. The third kappa shape index (κ3) is 3.30. The van der Waals surface area contributed by atoms with Crippen LogP contribution in [0.4, 0.5) is 14.6 Å². The van der Waals surface area contributed by atoms with E-state index in [4.69, 9.17) is 9.97 Å². The summed E-state index contributed by atoms with van der Waals surface area (Å²) < 4.78 is 28.5. The number of aromatic nitrogens is 3. The van der Waals surface area contributed by atoms with E-state index in [1.165, 1.54) is 31.7 Å². The number of halogens is 2. The molecule has 3 aromatic carbocycles. The lowest BCUT2D eigenvalue weighted by atomic mass is 9.62. The Morgan fingerprint density at radius 1 is 0.886 bits per heavy atom. The van der Waals surface area contributed by atoms with E-state index in [0.717, 1.165) is 39.5 Å². The largest absolute Gasteiger partial charge is 0.366 e. The summed E-state index contributed by atoms with van der Waals surface area (Å²) in [5, 5.41) is 7.47. The van der Waals surface area contributed by atoms with E-state index in [9.17, 15) is 8.78 Å². The van der Waals surface area contributed by atoms with Gasteiger partial charge in [-0.25, -0.2) is 18.7 Å². The van der Waals surface area contributed by atoms with Gasteiger partial charge in [0.05, 0.1) is 11.0 Å². The number of anilines is 1. The Morgan fingerprint density at radius 3 is 2.40 bits per heavy atom. The minimum atomic E-state index is -0.622. The molecule has 3 aliphatic rings. The van der Waals surface area contributed by atoms with Crippen LogP contribution in [-0.4, -0.2) is 21.0 Å². The molecule has 2 atom stereocenters. The van der Waals surface area contributed by atoms with Gasteiger partial charge in [0.15, 0.2) is 5.82 Å². The number of nitrogens with zero attached hydrogens (tertiary/aromatic N) is 2. The summed E-state index contributed by atoms with van der Waals surface area (Å²) in [5.41, 5.74) is 1.67. The maximum atomic E-state index is 14.4. The summed E-state index contributed by atoms with van der Waals surface area (Å²) >= 11 is 0. The first-order valence-electron chi connectivity index (χ1n) is 12.5. The second kappa shape index (κ2) is 7.74. The highest BCUT2D eigenvalue weighted by Crippen LogP contribution is 2.46. The van der Waals surface area contributed by atoms with Crippen LogP contribution in [0.15, 0.2) is 54.7 Å². The van der Waals surface area contributed by atoms with Gasteiger partial charge in [0.2, 0.25) is 0 Å². The molecule has 2 aromatic heterocycles. The Kier molecular flexibility index (Phi) is 4.60. The zero-order valence-electron chi connectivity index (χ0n) is 19.5. The van der Waals surface area contributed by atoms with Crippen LogP contribution in [0.5, 0.6) is 0 Å². The van der Waals surface area contributed by atoms with Crippen LogP contribution in [-0.2, 0) is 0 Å². The maximum absolute atomic E-state index is 14.4. The monoisotopic (exact) mass is 468 g/mol. The molecule has 0 aliphatic heterocycles. The molecule has 0 unspecified atom stereocenters. The molecule has 3 aliphatic carbocycles. The first-order chi connectivity index (χ1) is 17.0. The summed E-state index contributed by atoms with van der Waals surface area (Å²) in [4.78, 5) is 12.8. The van der Waals surface area contributed by atoms with Gasteiger partial charge in [0.1, 0.15) is 17.5 Å². The molecule has 2 N–H and O–H groups in total. The van der Waals surface area contributed by atoms with Crippen molar-refractivity contribution in [2.75, 3.05) is 5.32 Å². The zero-order chi connectivity index (χ0) is 23.7. The fraction of sp³-hybridized carbons (Fsp3) is 0.310. The van der Waals surface area contributed by atoms with Crippen molar-refractivity contribution in [1.82, 2.24) is 15.0 Å². The van der Waals surface area contributed by atoms with Crippen molar-refractivity contribution in [3.05, 3.63) is 66.4 Å². The SMILES string of the molecule is C[C@@H]1C2CCC(CC2)[C@H]1Nc1nc(-c2c[nH]c3c(F)cc(F)cc23)nc2cc3ccccc3cc12. The van der Waals surface area contributed by atoms with Crippen LogP contribution < -0.4 is 5.32 Å². The van der Waals surface area contributed by atoms with Crippen LogP contribution in [0.2, 0.25) is 0 Å². The molecule has 0 amide bonds. The van der Waals surface area contributed by atoms with Gasteiger partial charge in [-0.2, -0.15) is 0 Å². The van der Waals surface area contributed by atoms with Crippen LogP contribution in [0, 0.1) is 29.4 Å². The highest BCUT2D eigenvalue weighted by atomic mass is 19.1. The van der Waals surface area contributed by atoms with Gasteiger partial charge in [-0.3, -0.25) is 0 Å². The standard InChI is InChI=1S/C29H26F2N4/c1-15-16-6-8-17(9-7-16)26(15)34-28-22-10-18-4-2-3-5-19(18)11-25(22)33-29(35-28)23-14-32-27-21(23)12-20(30)13-24(27)31/h2-5,10-17,26,32H,6-9H2,1H3,(H,33,34,35)/t15-,16?,17?,26+/m1/s1. The molecule has 2 bridgehead atoms. The molecule has 2 heterocycles. The Bertz CT molecular complexity index is 1600. The molecular formula is C29H26F2N4. The number of fused-ring (bicyclic) bond motifs is 6. The predicted octanol–water partition coefficient (Wildman–Crippen LogP) is 7.45. The quantitative estimate of drug-likeness (QED) is 0.271. The Hall–Kier alpha value is -3.54. The second-order valence-corrected chi connectivity index (χ2v) is 10.3. The van der Waals surface area contributed by atoms with Crippen molar-refractivity contribution in [1.29, 1.82) is 0 Å². The van der Waals surface area contributed by atoms with E-state index in [1.807, 2.05) is 12.1 Å². The van der Waals surface area contributed by atoms with Gasteiger partial charge < -0.3 is 10.3 Å². The third-order valence-electron chi connectivity index (χ3n) is 8.45. The van der Waals surface area contributed by atoms with Gasteiger partial charge in [-0.05, 0) is 72.4 Å². The number of hydrogen-bond acceptors (Lipinski definition) is 3. The topological polar surface area (TPSA) is 53.6 Å². The lowest BCUT2D eigenvalue weighted by Crippen LogP contribution is -2.47. The second-order valence-electron chi connectivity index (χ2n) is 10.3. The van der Waals surface area contributed by atoms with E-state index in [-0.39, 0.29) is 5.52 Å². The molecule has 0 radical (unpaired) electrons. The Morgan fingerprint density at radius 2 is 1.63 bits per heavy atom. The molecule has 0 spiro atoms. The van der Waals surface area contributed by atoms with Gasteiger partial charge in [0.25, 0.3) is 0 Å². The Balaban J connectivity index is 1.44. The molecule has 5 aromatic rings. The summed E-state index contributed by atoms with van der Waals surface area (Å²) in [6, 6.07) is 15.0. The number of aromatic amines is 1. The number of nitrogens with one attached hydrogen (secondary N) is 2. The molecule has 176 valence electrons. The van der Waals surface area contributed by atoms with E-state index in [2.05, 4.69) is 41.5 Å². The Labute approximate surface area is 201 Å². The normalized spacial score (nSPS) is 24.0. The van der Waals surface area contributed by atoms with Crippen LogP contribution >= 0.6 is 0 Å². The molecule has 0 saturated heterocycles. The predicted molar refractivity (Wildman–Crippen MR) is 136 cm³/mol. The summed E-state index contributed by atoms with van der Waals surface area (Å²) in [6.45, 7) is 2.36.